The summed E-state index contributed by atoms with van der Waals surface area (Å²) < 4.78 is 5.16. The molecule has 2 atom stereocenters. The molecule has 2 aliphatic rings. The molecule has 6 heteroatoms. The minimum absolute atomic E-state index is 0.0335. The van der Waals surface area contributed by atoms with Gasteiger partial charge in [0.1, 0.15) is 0 Å². The van der Waals surface area contributed by atoms with Gasteiger partial charge in [-0.15, -0.1) is 0 Å². The molecule has 5 rings (SSSR count). The summed E-state index contributed by atoms with van der Waals surface area (Å²) in [6, 6.07) is 8.70. The summed E-state index contributed by atoms with van der Waals surface area (Å²) in [5.74, 6) is 0.0335. The first-order valence-corrected chi connectivity index (χ1v) is 8.22. The van der Waals surface area contributed by atoms with E-state index in [1.165, 1.54) is 0 Å². The summed E-state index contributed by atoms with van der Waals surface area (Å²) in [5.41, 5.74) is 3.42. The number of piperazine rings is 1. The lowest BCUT2D eigenvalue weighted by Gasteiger charge is -2.31. The van der Waals surface area contributed by atoms with E-state index in [0.717, 1.165) is 41.5 Å². The summed E-state index contributed by atoms with van der Waals surface area (Å²) in [6.07, 6.45) is 4.43. The molecule has 1 aromatic carbocycles. The van der Waals surface area contributed by atoms with Crippen molar-refractivity contribution in [2.75, 3.05) is 20.1 Å². The molecule has 0 spiro atoms. The van der Waals surface area contributed by atoms with Gasteiger partial charge in [0.25, 0.3) is 5.91 Å². The predicted molar refractivity (Wildman–Crippen MR) is 89.7 cm³/mol. The Labute approximate surface area is 139 Å². The molecule has 3 aromatic rings. The number of likely N-dealkylation sites (tertiary alicyclic amines) is 2. The smallest absolute Gasteiger partial charge is 0.275 e. The molecule has 6 nitrogen and oxygen atoms in total. The number of furan rings is 1. The second kappa shape index (κ2) is 4.95. The summed E-state index contributed by atoms with van der Waals surface area (Å²) in [7, 11) is 2.13. The van der Waals surface area contributed by atoms with Gasteiger partial charge < -0.3 is 9.32 Å². The van der Waals surface area contributed by atoms with Gasteiger partial charge in [0.05, 0.1) is 18.0 Å². The molecule has 2 saturated heterocycles. The van der Waals surface area contributed by atoms with Crippen LogP contribution in [0.2, 0.25) is 0 Å². The number of hydrogen-bond donors (Lipinski definition) is 1. The third-order valence-corrected chi connectivity index (χ3v) is 5.40. The Morgan fingerprint density at radius 1 is 1.25 bits per heavy atom. The highest BCUT2D eigenvalue weighted by atomic mass is 16.3. The van der Waals surface area contributed by atoms with Crippen molar-refractivity contribution in [3.05, 3.63) is 42.5 Å². The van der Waals surface area contributed by atoms with Crippen molar-refractivity contribution in [1.82, 2.24) is 20.0 Å². The minimum Gasteiger partial charge on any atom is -0.472 e. The average Bonchev–Trinajstić information content (AvgIpc) is 3.35. The van der Waals surface area contributed by atoms with Gasteiger partial charge in [-0.05, 0) is 37.2 Å². The fourth-order valence-corrected chi connectivity index (χ4v) is 4.04. The quantitative estimate of drug-likeness (QED) is 0.786. The van der Waals surface area contributed by atoms with E-state index in [9.17, 15) is 4.79 Å². The standard InChI is InChI=1S/C18H18N4O2/c1-21-8-14-7-13(21)9-22(14)18(23)17-15-6-11(12-4-5-24-10-12)2-3-16(15)19-20-17/h2-6,10,13-14H,7-9H2,1H3,(H,19,20). The zero-order chi connectivity index (χ0) is 16.3. The Hall–Kier alpha value is -2.60. The fraction of sp³-hybridized carbons (Fsp3) is 0.333. The van der Waals surface area contributed by atoms with E-state index in [1.807, 2.05) is 29.2 Å². The molecule has 1 N–H and O–H groups in total. The van der Waals surface area contributed by atoms with Gasteiger partial charge in [0, 0.05) is 36.1 Å². The van der Waals surface area contributed by atoms with Crippen LogP contribution in [0.1, 0.15) is 16.9 Å². The molecule has 4 heterocycles. The van der Waals surface area contributed by atoms with E-state index in [1.54, 1.807) is 12.5 Å². The number of likely N-dealkylation sites (N-methyl/N-ethyl adjacent to an activating group) is 1. The number of rotatable bonds is 2. The number of nitrogens with one attached hydrogen (secondary N) is 1. The topological polar surface area (TPSA) is 65.4 Å². The Morgan fingerprint density at radius 3 is 2.88 bits per heavy atom. The van der Waals surface area contributed by atoms with E-state index < -0.39 is 0 Å². The van der Waals surface area contributed by atoms with Gasteiger partial charge in [-0.2, -0.15) is 5.10 Å². The van der Waals surface area contributed by atoms with Gasteiger partial charge in [-0.25, -0.2) is 0 Å². The van der Waals surface area contributed by atoms with Crippen LogP contribution in [0.4, 0.5) is 0 Å². The van der Waals surface area contributed by atoms with Crippen LogP contribution in [-0.2, 0) is 0 Å². The van der Waals surface area contributed by atoms with Crippen LogP contribution in [0.3, 0.4) is 0 Å². The van der Waals surface area contributed by atoms with E-state index in [0.29, 0.717) is 17.8 Å². The molecule has 2 aromatic heterocycles. The number of amides is 1. The van der Waals surface area contributed by atoms with Crippen molar-refractivity contribution in [3.63, 3.8) is 0 Å². The number of aromatic amines is 1. The van der Waals surface area contributed by atoms with Crippen molar-refractivity contribution in [3.8, 4) is 11.1 Å². The molecule has 2 fully saturated rings. The van der Waals surface area contributed by atoms with Crippen molar-refractivity contribution in [1.29, 1.82) is 0 Å². The predicted octanol–water partition coefficient (Wildman–Crippen LogP) is 2.35. The van der Waals surface area contributed by atoms with Gasteiger partial charge in [-0.3, -0.25) is 14.8 Å². The molecular formula is C18H18N4O2. The van der Waals surface area contributed by atoms with Gasteiger partial charge >= 0.3 is 0 Å². The van der Waals surface area contributed by atoms with E-state index >= 15 is 0 Å². The molecule has 24 heavy (non-hydrogen) atoms. The minimum atomic E-state index is 0.0335. The highest BCUT2D eigenvalue weighted by molar-refractivity contribution is 6.06. The number of nitrogens with zero attached hydrogens (tertiary/aromatic N) is 3. The second-order valence-corrected chi connectivity index (χ2v) is 6.79. The van der Waals surface area contributed by atoms with Crippen molar-refractivity contribution in [2.45, 2.75) is 18.5 Å². The van der Waals surface area contributed by atoms with Crippen LogP contribution in [-0.4, -0.2) is 58.1 Å². The largest absolute Gasteiger partial charge is 0.472 e. The zero-order valence-corrected chi connectivity index (χ0v) is 13.4. The molecule has 0 radical (unpaired) electrons. The number of fused-ring (bicyclic) bond motifs is 3. The van der Waals surface area contributed by atoms with E-state index in [4.69, 9.17) is 4.42 Å². The van der Waals surface area contributed by atoms with Crippen LogP contribution in [0, 0.1) is 0 Å². The molecule has 122 valence electrons. The molecule has 2 bridgehead atoms. The van der Waals surface area contributed by atoms with Crippen LogP contribution in [0.25, 0.3) is 22.0 Å². The Balaban J connectivity index is 1.53. The highest BCUT2D eigenvalue weighted by Crippen LogP contribution is 2.32. The maximum absolute atomic E-state index is 13.0. The third kappa shape index (κ3) is 1.93. The number of benzene rings is 1. The van der Waals surface area contributed by atoms with Gasteiger partial charge in [0.15, 0.2) is 5.69 Å². The van der Waals surface area contributed by atoms with Crippen LogP contribution >= 0.6 is 0 Å². The molecule has 2 unspecified atom stereocenters. The first-order chi connectivity index (χ1) is 11.7. The second-order valence-electron chi connectivity index (χ2n) is 6.79. The van der Waals surface area contributed by atoms with Crippen molar-refractivity contribution < 1.29 is 9.21 Å². The summed E-state index contributed by atoms with van der Waals surface area (Å²) >= 11 is 0. The molecular weight excluding hydrogens is 304 g/mol. The first-order valence-electron chi connectivity index (χ1n) is 8.22. The Bertz CT molecular complexity index is 912. The monoisotopic (exact) mass is 322 g/mol. The van der Waals surface area contributed by atoms with Crippen LogP contribution < -0.4 is 0 Å². The van der Waals surface area contributed by atoms with E-state index in [-0.39, 0.29) is 5.91 Å². The summed E-state index contributed by atoms with van der Waals surface area (Å²) in [5, 5.41) is 8.17. The molecule has 1 amide bonds. The SMILES string of the molecule is CN1CC2CC1CN2C(=O)c1n[nH]c2ccc(-c3ccoc3)cc12. The number of aromatic nitrogens is 2. The van der Waals surface area contributed by atoms with Crippen molar-refractivity contribution >= 4 is 16.8 Å². The normalized spacial score (nSPS) is 23.5. The van der Waals surface area contributed by atoms with Crippen LogP contribution in [0.5, 0.6) is 0 Å². The Kier molecular flexibility index (Phi) is 2.84. The maximum Gasteiger partial charge on any atom is 0.275 e. The fourth-order valence-electron chi connectivity index (χ4n) is 4.04. The number of carbonyl (C=O) groups is 1. The summed E-state index contributed by atoms with van der Waals surface area (Å²) in [4.78, 5) is 17.4. The maximum atomic E-state index is 13.0. The average molecular weight is 322 g/mol. The molecule has 2 aliphatic heterocycles. The lowest BCUT2D eigenvalue weighted by Crippen LogP contribution is -2.47. The number of carbonyl (C=O) groups excluding carboxylic acids is 1. The lowest BCUT2D eigenvalue weighted by atomic mass is 10.1. The zero-order valence-electron chi connectivity index (χ0n) is 13.4. The van der Waals surface area contributed by atoms with Crippen LogP contribution in [0.15, 0.2) is 41.2 Å². The summed E-state index contributed by atoms with van der Waals surface area (Å²) in [6.45, 7) is 1.76. The molecule has 0 aliphatic carbocycles. The van der Waals surface area contributed by atoms with Crippen molar-refractivity contribution in [2.24, 2.45) is 0 Å². The lowest BCUT2D eigenvalue weighted by molar-refractivity contribution is 0.0646. The Morgan fingerprint density at radius 2 is 2.17 bits per heavy atom. The van der Waals surface area contributed by atoms with Gasteiger partial charge in [0.2, 0.25) is 0 Å². The third-order valence-electron chi connectivity index (χ3n) is 5.40. The number of hydrogen-bond acceptors (Lipinski definition) is 4. The van der Waals surface area contributed by atoms with E-state index in [2.05, 4.69) is 22.1 Å². The van der Waals surface area contributed by atoms with Gasteiger partial charge in [-0.1, -0.05) is 6.07 Å². The first kappa shape index (κ1) is 13.8. The molecule has 0 saturated carbocycles. The highest BCUT2D eigenvalue weighted by Gasteiger charge is 2.44. The number of H-pyrrole nitrogens is 1.